The zero-order valence-electron chi connectivity index (χ0n) is 19.1. The summed E-state index contributed by atoms with van der Waals surface area (Å²) in [7, 11) is 2.60. The van der Waals surface area contributed by atoms with E-state index in [9.17, 15) is 9.59 Å². The van der Waals surface area contributed by atoms with Gasteiger partial charge < -0.3 is 19.3 Å². The Balaban J connectivity index is 1.69. The van der Waals surface area contributed by atoms with Gasteiger partial charge in [0.15, 0.2) is 5.82 Å². The van der Waals surface area contributed by atoms with Crippen LogP contribution in [0.1, 0.15) is 32.9 Å². The Kier molecular flexibility index (Phi) is 6.39. The van der Waals surface area contributed by atoms with Crippen LogP contribution in [0.4, 0.5) is 16.6 Å². The van der Waals surface area contributed by atoms with Crippen LogP contribution in [0.3, 0.4) is 0 Å². The number of anilines is 2. The van der Waals surface area contributed by atoms with Gasteiger partial charge in [-0.2, -0.15) is 10.1 Å². The number of esters is 1. The average molecular weight is 465 g/mol. The molecule has 12 nitrogen and oxygen atoms in total. The van der Waals surface area contributed by atoms with Crippen molar-refractivity contribution in [2.45, 2.75) is 26.9 Å². The van der Waals surface area contributed by atoms with Crippen molar-refractivity contribution in [3.05, 3.63) is 58.6 Å². The van der Waals surface area contributed by atoms with Crippen LogP contribution in [0.15, 0.2) is 35.0 Å². The number of carbonyl (C=O) groups is 2. The molecule has 0 aliphatic heterocycles. The second-order valence-electron chi connectivity index (χ2n) is 7.46. The smallest absolute Gasteiger partial charge is 0.413 e. The summed E-state index contributed by atoms with van der Waals surface area (Å²) in [5, 5.41) is 14.2. The molecule has 34 heavy (non-hydrogen) atoms. The number of aryl methyl sites for hydroxylation is 2. The highest BCUT2D eigenvalue weighted by Gasteiger charge is 2.17. The zero-order valence-corrected chi connectivity index (χ0v) is 19.1. The normalized spacial score (nSPS) is 10.8. The summed E-state index contributed by atoms with van der Waals surface area (Å²) in [6, 6.07) is 7.14. The molecule has 0 unspecified atom stereocenters. The van der Waals surface area contributed by atoms with E-state index in [4.69, 9.17) is 9.26 Å². The number of hydrogen-bond donors (Lipinski definition) is 2. The van der Waals surface area contributed by atoms with Gasteiger partial charge in [0.05, 0.1) is 39.1 Å². The van der Waals surface area contributed by atoms with Crippen molar-refractivity contribution in [3.63, 3.8) is 0 Å². The fraction of sp³-hybridized carbons (Fsp3) is 0.273. The third-order valence-electron chi connectivity index (χ3n) is 5.09. The van der Waals surface area contributed by atoms with Crippen LogP contribution >= 0.6 is 0 Å². The summed E-state index contributed by atoms with van der Waals surface area (Å²) < 4.78 is 16.3. The van der Waals surface area contributed by atoms with Crippen molar-refractivity contribution in [3.8, 4) is 0 Å². The third kappa shape index (κ3) is 4.80. The Morgan fingerprint density at radius 3 is 2.62 bits per heavy atom. The van der Waals surface area contributed by atoms with Crippen LogP contribution < -0.4 is 10.6 Å². The van der Waals surface area contributed by atoms with E-state index in [1.165, 1.54) is 14.2 Å². The van der Waals surface area contributed by atoms with Gasteiger partial charge in [0, 0.05) is 6.07 Å². The summed E-state index contributed by atoms with van der Waals surface area (Å²) in [5.74, 6) is 0.802. The van der Waals surface area contributed by atoms with Gasteiger partial charge in [-0.15, -0.1) is 0 Å². The minimum atomic E-state index is -0.689. The van der Waals surface area contributed by atoms with E-state index in [1.54, 1.807) is 29.9 Å². The predicted octanol–water partition coefficient (Wildman–Crippen LogP) is 3.06. The minimum Gasteiger partial charge on any atom is -0.465 e. The first-order valence-corrected chi connectivity index (χ1v) is 10.3. The maximum atomic E-state index is 11.8. The number of carbonyl (C=O) groups excluding carboxylic acids is 2. The van der Waals surface area contributed by atoms with Gasteiger partial charge in [0.25, 0.3) is 0 Å². The molecule has 12 heteroatoms. The van der Waals surface area contributed by atoms with Gasteiger partial charge in [-0.25, -0.2) is 14.6 Å². The lowest BCUT2D eigenvalue weighted by atomic mass is 10.1. The molecule has 0 aliphatic carbocycles. The number of methoxy groups -OCH3 is 2. The standard InChI is InChI=1S/C22H23N7O5/c1-12-7-14(20(30)32-3)5-6-15(12)11-29-18-17(10-24-29)25-21(27-22(31)33-4)26-19(18)23-9-16-8-13(2)34-28-16/h5-8,10H,9,11H2,1-4H3,(H2,23,25,26,27,31). The molecule has 0 aliphatic rings. The van der Waals surface area contributed by atoms with E-state index in [1.807, 2.05) is 19.1 Å². The molecule has 0 fully saturated rings. The lowest BCUT2D eigenvalue weighted by Gasteiger charge is -2.12. The number of ether oxygens (including phenoxy) is 2. The van der Waals surface area contributed by atoms with Gasteiger partial charge in [-0.3, -0.25) is 10.00 Å². The maximum absolute atomic E-state index is 11.8. The molecule has 0 saturated heterocycles. The van der Waals surface area contributed by atoms with E-state index in [0.717, 1.165) is 11.1 Å². The van der Waals surface area contributed by atoms with Gasteiger partial charge in [-0.05, 0) is 37.1 Å². The highest BCUT2D eigenvalue weighted by molar-refractivity contribution is 5.90. The lowest BCUT2D eigenvalue weighted by Crippen LogP contribution is -2.15. The van der Waals surface area contributed by atoms with Crippen molar-refractivity contribution in [2.75, 3.05) is 24.9 Å². The van der Waals surface area contributed by atoms with Crippen LogP contribution in [0.25, 0.3) is 11.0 Å². The highest BCUT2D eigenvalue weighted by Crippen LogP contribution is 2.24. The molecule has 0 saturated carbocycles. The molecule has 3 heterocycles. The molecule has 1 amide bonds. The third-order valence-corrected chi connectivity index (χ3v) is 5.09. The highest BCUT2D eigenvalue weighted by atomic mass is 16.5. The molecule has 1 aromatic carbocycles. The quantitative estimate of drug-likeness (QED) is 0.390. The fourth-order valence-corrected chi connectivity index (χ4v) is 3.40. The molecule has 4 aromatic rings. The molecule has 0 bridgehead atoms. The van der Waals surface area contributed by atoms with Gasteiger partial charge in [0.2, 0.25) is 5.95 Å². The second kappa shape index (κ2) is 9.57. The first-order valence-electron chi connectivity index (χ1n) is 10.3. The van der Waals surface area contributed by atoms with Gasteiger partial charge in [-0.1, -0.05) is 11.2 Å². The Bertz CT molecular complexity index is 1360. The Morgan fingerprint density at radius 1 is 1.12 bits per heavy atom. The van der Waals surface area contributed by atoms with Crippen molar-refractivity contribution < 1.29 is 23.6 Å². The van der Waals surface area contributed by atoms with Crippen LogP contribution in [0.5, 0.6) is 0 Å². The van der Waals surface area contributed by atoms with Crippen LogP contribution in [0.2, 0.25) is 0 Å². The first-order chi connectivity index (χ1) is 16.4. The Morgan fingerprint density at radius 2 is 1.94 bits per heavy atom. The van der Waals surface area contributed by atoms with Gasteiger partial charge in [0.1, 0.15) is 22.5 Å². The molecule has 3 aromatic heterocycles. The van der Waals surface area contributed by atoms with Crippen molar-refractivity contribution in [1.29, 1.82) is 0 Å². The number of hydrogen-bond acceptors (Lipinski definition) is 10. The first kappa shape index (κ1) is 22.7. The van der Waals surface area contributed by atoms with Crippen molar-refractivity contribution in [2.24, 2.45) is 0 Å². The summed E-state index contributed by atoms with van der Waals surface area (Å²) in [6.45, 7) is 4.45. The molecule has 0 atom stereocenters. The summed E-state index contributed by atoms with van der Waals surface area (Å²) in [5.41, 5.74) is 4.17. The van der Waals surface area contributed by atoms with Crippen molar-refractivity contribution >= 4 is 34.9 Å². The largest absolute Gasteiger partial charge is 0.465 e. The number of amides is 1. The summed E-state index contributed by atoms with van der Waals surface area (Å²) >= 11 is 0. The topological polar surface area (TPSA) is 146 Å². The van der Waals surface area contributed by atoms with Crippen molar-refractivity contribution in [1.82, 2.24) is 24.9 Å². The molecule has 0 spiro atoms. The molecule has 4 rings (SSSR count). The van der Waals surface area contributed by atoms with Gasteiger partial charge >= 0.3 is 12.1 Å². The zero-order chi connectivity index (χ0) is 24.2. The number of nitrogens with zero attached hydrogens (tertiary/aromatic N) is 5. The number of benzene rings is 1. The Labute approximate surface area is 194 Å². The van der Waals surface area contributed by atoms with E-state index < -0.39 is 12.1 Å². The molecular weight excluding hydrogens is 442 g/mol. The molecule has 0 radical (unpaired) electrons. The molecule has 2 N–H and O–H groups in total. The van der Waals surface area contributed by atoms with E-state index in [2.05, 4.69) is 35.6 Å². The van der Waals surface area contributed by atoms with E-state index >= 15 is 0 Å². The average Bonchev–Trinajstić information content (AvgIpc) is 3.43. The monoisotopic (exact) mass is 465 g/mol. The van der Waals surface area contributed by atoms with Crippen LogP contribution in [-0.2, 0) is 22.6 Å². The summed E-state index contributed by atoms with van der Waals surface area (Å²) in [6.07, 6.45) is 0.898. The molecular formula is C22H23N7O5. The maximum Gasteiger partial charge on any atom is 0.413 e. The van der Waals surface area contributed by atoms with E-state index in [0.29, 0.717) is 47.0 Å². The van der Waals surface area contributed by atoms with Crippen LogP contribution in [0, 0.1) is 13.8 Å². The number of nitrogens with one attached hydrogen (secondary N) is 2. The lowest BCUT2D eigenvalue weighted by molar-refractivity contribution is 0.0600. The van der Waals surface area contributed by atoms with Crippen LogP contribution in [-0.4, -0.2) is 51.2 Å². The predicted molar refractivity (Wildman–Crippen MR) is 122 cm³/mol. The fourth-order valence-electron chi connectivity index (χ4n) is 3.40. The number of rotatable bonds is 7. The number of aromatic nitrogens is 5. The Hall–Kier alpha value is -4.48. The summed E-state index contributed by atoms with van der Waals surface area (Å²) in [4.78, 5) is 32.3. The minimum absolute atomic E-state index is 0.0661. The second-order valence-corrected chi connectivity index (χ2v) is 7.46. The van der Waals surface area contributed by atoms with E-state index in [-0.39, 0.29) is 5.95 Å². The number of fused-ring (bicyclic) bond motifs is 1. The SMILES string of the molecule is COC(=O)Nc1nc(NCc2cc(C)on2)c2c(cnn2Cc2ccc(C(=O)OC)cc2C)n1. The molecule has 176 valence electrons.